The second-order valence-corrected chi connectivity index (χ2v) is 4.35. The number of hydrogen-bond donors (Lipinski definition) is 1. The summed E-state index contributed by atoms with van der Waals surface area (Å²) >= 11 is 0. The molecule has 0 amide bonds. The minimum Gasteiger partial charge on any atom is -0.396 e. The van der Waals surface area contributed by atoms with Gasteiger partial charge in [0.2, 0.25) is 5.82 Å². The van der Waals surface area contributed by atoms with Gasteiger partial charge in [-0.15, -0.1) is 0 Å². The first-order valence-electron chi connectivity index (χ1n) is 6.18. The topological polar surface area (TPSA) is 69.2 Å². The van der Waals surface area contributed by atoms with E-state index in [9.17, 15) is 36.5 Å². The lowest BCUT2D eigenvalue weighted by atomic mass is 10.2. The maximum atomic E-state index is 12.6. The Labute approximate surface area is 131 Å². The average molecular weight is 352 g/mol. The van der Waals surface area contributed by atoms with Gasteiger partial charge in [-0.3, -0.25) is 10.1 Å². The van der Waals surface area contributed by atoms with Crippen LogP contribution in [0.15, 0.2) is 36.4 Å². The summed E-state index contributed by atoms with van der Waals surface area (Å²) in [5.41, 5.74) is 3.05. The highest BCUT2D eigenvalue weighted by Crippen LogP contribution is 2.25. The molecule has 0 saturated carbocycles. The van der Waals surface area contributed by atoms with Gasteiger partial charge in [0.05, 0.1) is 10.6 Å². The van der Waals surface area contributed by atoms with E-state index in [0.29, 0.717) is 12.1 Å². The third-order valence-electron chi connectivity index (χ3n) is 2.69. The van der Waals surface area contributed by atoms with Crippen molar-refractivity contribution in [3.05, 3.63) is 69.3 Å². The van der Waals surface area contributed by atoms with Gasteiger partial charge in [-0.1, -0.05) is 6.07 Å². The van der Waals surface area contributed by atoms with Crippen molar-refractivity contribution in [2.75, 3.05) is 5.73 Å². The van der Waals surface area contributed by atoms with Crippen molar-refractivity contribution in [1.82, 2.24) is 0 Å². The molecule has 2 aromatic carbocycles. The van der Waals surface area contributed by atoms with Crippen LogP contribution in [0.1, 0.15) is 24.0 Å². The van der Waals surface area contributed by atoms with Gasteiger partial charge >= 0.3 is 5.69 Å². The standard InChI is InChI=1S/C7H4F3NO2.C7H6F3N/c8-5-2-1-4(7(9)10)3-6(5)11(12)13;8-5-2-1-4(7(9)10)3-6(5)11/h1-3,7H;1-3,7H,11H2. The molecule has 0 heterocycles. The number of nitrogen functional groups attached to an aromatic ring is 1. The molecule has 0 aromatic heterocycles. The summed E-state index contributed by atoms with van der Waals surface area (Å²) in [5.74, 6) is -1.79. The van der Waals surface area contributed by atoms with Crippen LogP contribution in [0, 0.1) is 21.7 Å². The Balaban J connectivity index is 0.000000243. The normalized spacial score (nSPS) is 10.5. The first-order chi connectivity index (χ1) is 11.1. The lowest BCUT2D eigenvalue weighted by molar-refractivity contribution is -0.387. The van der Waals surface area contributed by atoms with Gasteiger partial charge in [0, 0.05) is 17.2 Å². The molecule has 4 nitrogen and oxygen atoms in total. The first-order valence-corrected chi connectivity index (χ1v) is 6.18. The van der Waals surface area contributed by atoms with Crippen LogP contribution in [0.2, 0.25) is 0 Å². The van der Waals surface area contributed by atoms with Gasteiger partial charge in [0.15, 0.2) is 0 Å². The predicted octanol–water partition coefficient (Wildman–Crippen LogP) is 5.02. The zero-order valence-corrected chi connectivity index (χ0v) is 11.7. The number of nitrogens with zero attached hydrogens (tertiary/aromatic N) is 1. The molecule has 0 spiro atoms. The molecule has 10 heteroatoms. The van der Waals surface area contributed by atoms with Crippen molar-refractivity contribution in [2.45, 2.75) is 12.9 Å². The van der Waals surface area contributed by atoms with E-state index in [4.69, 9.17) is 5.73 Å². The minimum absolute atomic E-state index is 0.247. The van der Waals surface area contributed by atoms with E-state index < -0.39 is 40.7 Å². The number of halogens is 6. The maximum absolute atomic E-state index is 12.6. The number of hydrogen-bond acceptors (Lipinski definition) is 3. The Morgan fingerprint density at radius 3 is 1.75 bits per heavy atom. The van der Waals surface area contributed by atoms with E-state index in [2.05, 4.69) is 0 Å². The van der Waals surface area contributed by atoms with Gasteiger partial charge in [-0.05, 0) is 24.3 Å². The Morgan fingerprint density at radius 1 is 0.875 bits per heavy atom. The third-order valence-corrected chi connectivity index (χ3v) is 2.69. The van der Waals surface area contributed by atoms with Crippen LogP contribution in [-0.2, 0) is 0 Å². The molecule has 0 aliphatic carbocycles. The molecule has 2 N–H and O–H groups in total. The summed E-state index contributed by atoms with van der Waals surface area (Å²) in [6, 6.07) is 4.86. The van der Waals surface area contributed by atoms with Crippen LogP contribution in [0.5, 0.6) is 0 Å². The molecule has 0 fully saturated rings. The van der Waals surface area contributed by atoms with E-state index in [0.717, 1.165) is 24.3 Å². The highest BCUT2D eigenvalue weighted by Gasteiger charge is 2.17. The number of benzene rings is 2. The number of nitro groups is 1. The summed E-state index contributed by atoms with van der Waals surface area (Å²) in [4.78, 5) is 9.08. The van der Waals surface area contributed by atoms with Gasteiger partial charge in [0.1, 0.15) is 5.82 Å². The molecule has 2 rings (SSSR count). The molecule has 0 unspecified atom stereocenters. The first kappa shape index (κ1) is 19.3. The fourth-order valence-electron chi connectivity index (χ4n) is 1.50. The van der Waals surface area contributed by atoms with Crippen LogP contribution in [0.4, 0.5) is 37.7 Å². The number of nitrogens with two attached hydrogens (primary N) is 1. The molecule has 24 heavy (non-hydrogen) atoms. The monoisotopic (exact) mass is 352 g/mol. The van der Waals surface area contributed by atoms with Gasteiger partial charge in [-0.2, -0.15) is 4.39 Å². The van der Waals surface area contributed by atoms with Crippen LogP contribution >= 0.6 is 0 Å². The number of nitro benzene ring substituents is 1. The van der Waals surface area contributed by atoms with E-state index >= 15 is 0 Å². The lowest BCUT2D eigenvalue weighted by Gasteiger charge is -2.00. The molecule has 0 aliphatic heterocycles. The Bertz CT molecular complexity index is 724. The molecular formula is C14H10F6N2O2. The summed E-state index contributed by atoms with van der Waals surface area (Å²) in [6.07, 6.45) is -5.43. The Hall–Kier alpha value is -2.78. The highest BCUT2D eigenvalue weighted by molar-refractivity contribution is 5.42. The molecule has 2 aromatic rings. The molecule has 0 radical (unpaired) electrons. The quantitative estimate of drug-likeness (QED) is 0.365. The van der Waals surface area contributed by atoms with E-state index in [1.807, 2.05) is 0 Å². The van der Waals surface area contributed by atoms with E-state index in [-0.39, 0.29) is 11.3 Å². The molecule has 0 atom stereocenters. The molecular weight excluding hydrogens is 342 g/mol. The van der Waals surface area contributed by atoms with E-state index in [1.165, 1.54) is 0 Å². The summed E-state index contributed by atoms with van der Waals surface area (Å²) in [7, 11) is 0. The van der Waals surface area contributed by atoms with E-state index in [1.54, 1.807) is 0 Å². The minimum atomic E-state index is -2.83. The van der Waals surface area contributed by atoms with Crippen LogP contribution in [0.25, 0.3) is 0 Å². The third kappa shape index (κ3) is 5.14. The van der Waals surface area contributed by atoms with Crippen LogP contribution in [0.3, 0.4) is 0 Å². The second kappa shape index (κ2) is 8.18. The number of alkyl halides is 4. The average Bonchev–Trinajstić information content (AvgIpc) is 2.50. The largest absolute Gasteiger partial charge is 0.396 e. The summed E-state index contributed by atoms with van der Waals surface area (Å²) in [5, 5.41) is 10.1. The highest BCUT2D eigenvalue weighted by atomic mass is 19.3. The van der Waals surface area contributed by atoms with Gasteiger partial charge < -0.3 is 5.73 Å². The van der Waals surface area contributed by atoms with Crippen molar-refractivity contribution in [3.63, 3.8) is 0 Å². The zero-order chi connectivity index (χ0) is 18.4. The van der Waals surface area contributed by atoms with Crippen molar-refractivity contribution >= 4 is 11.4 Å². The van der Waals surface area contributed by atoms with Gasteiger partial charge in [0.25, 0.3) is 12.9 Å². The number of anilines is 1. The molecule has 130 valence electrons. The van der Waals surface area contributed by atoms with Crippen molar-refractivity contribution in [2.24, 2.45) is 0 Å². The fraction of sp³-hybridized carbons (Fsp3) is 0.143. The second-order valence-electron chi connectivity index (χ2n) is 4.35. The Morgan fingerprint density at radius 2 is 1.33 bits per heavy atom. The SMILES string of the molecule is Nc1cc(C(F)F)ccc1F.O=[N+]([O-])c1cc(C(F)F)ccc1F. The summed E-state index contributed by atoms with van der Waals surface area (Å²) in [6.45, 7) is 0. The Kier molecular flexibility index (Phi) is 6.57. The molecule has 0 saturated heterocycles. The molecule has 0 bridgehead atoms. The fourth-order valence-corrected chi connectivity index (χ4v) is 1.50. The smallest absolute Gasteiger partial charge is 0.305 e. The molecule has 0 aliphatic rings. The van der Waals surface area contributed by atoms with Crippen LogP contribution < -0.4 is 5.73 Å². The predicted molar refractivity (Wildman–Crippen MR) is 73.8 cm³/mol. The van der Waals surface area contributed by atoms with Crippen LogP contribution in [-0.4, -0.2) is 4.92 Å². The van der Waals surface area contributed by atoms with Crippen molar-refractivity contribution in [1.29, 1.82) is 0 Å². The maximum Gasteiger partial charge on any atom is 0.305 e. The lowest BCUT2D eigenvalue weighted by Crippen LogP contribution is -1.94. The zero-order valence-electron chi connectivity index (χ0n) is 11.7. The summed E-state index contributed by atoms with van der Waals surface area (Å²) < 4.78 is 72.8. The van der Waals surface area contributed by atoms with Crippen molar-refractivity contribution in [3.8, 4) is 0 Å². The van der Waals surface area contributed by atoms with Gasteiger partial charge in [-0.25, -0.2) is 22.0 Å². The van der Waals surface area contributed by atoms with Crippen molar-refractivity contribution < 1.29 is 31.3 Å². The number of rotatable bonds is 3.